The number of aromatic nitrogens is 4. The molecule has 11 nitrogen and oxygen atoms in total. The predicted molar refractivity (Wildman–Crippen MR) is 121 cm³/mol. The molecule has 4 atom stereocenters. The summed E-state index contributed by atoms with van der Waals surface area (Å²) in [7, 11) is 0. The number of amides is 1. The lowest BCUT2D eigenvalue weighted by molar-refractivity contribution is -0.143. The van der Waals surface area contributed by atoms with E-state index in [1.807, 2.05) is 27.7 Å². The zero-order valence-corrected chi connectivity index (χ0v) is 20.8. The standard InChI is InChI=1S/C22H40N6O5/c1-7-31-19(29)10-11-28-20(25-26-27-28)18(23-13-17-9-8-15(2)14-32-17)12-16(3)24-21(30)33-22(4,5)6/h15-18,23H,7-14H2,1-6H3,(H,24,30)/t15-,16-,17+,18?/m1/s1. The van der Waals surface area contributed by atoms with Gasteiger partial charge in [-0.15, -0.1) is 5.10 Å². The minimum atomic E-state index is -0.575. The third-order valence-electron chi connectivity index (χ3n) is 5.25. The van der Waals surface area contributed by atoms with Gasteiger partial charge in [0.05, 0.1) is 31.7 Å². The van der Waals surface area contributed by atoms with Crippen molar-refractivity contribution in [2.45, 2.75) is 97.6 Å². The SMILES string of the molecule is CCOC(=O)CCn1nnnc1C(C[C@@H](C)NC(=O)OC(C)(C)C)NC[C@@H]1CC[C@@H](C)CO1. The molecule has 1 amide bonds. The monoisotopic (exact) mass is 468 g/mol. The van der Waals surface area contributed by atoms with E-state index in [-0.39, 0.29) is 30.6 Å². The molecule has 2 heterocycles. The summed E-state index contributed by atoms with van der Waals surface area (Å²) in [6.45, 7) is 13.4. The molecule has 1 saturated heterocycles. The van der Waals surface area contributed by atoms with E-state index in [1.54, 1.807) is 11.6 Å². The lowest BCUT2D eigenvalue weighted by atomic mass is 10.00. The first-order chi connectivity index (χ1) is 15.6. The van der Waals surface area contributed by atoms with Gasteiger partial charge in [-0.25, -0.2) is 9.48 Å². The molecule has 0 saturated carbocycles. The van der Waals surface area contributed by atoms with Crippen molar-refractivity contribution < 1.29 is 23.8 Å². The third kappa shape index (κ3) is 10.0. The molecule has 1 aromatic rings. The fourth-order valence-corrected chi connectivity index (χ4v) is 3.62. The Balaban J connectivity index is 2.05. The number of alkyl carbamates (subject to hydrolysis) is 1. The summed E-state index contributed by atoms with van der Waals surface area (Å²) < 4.78 is 17.9. The molecule has 1 unspecified atom stereocenters. The van der Waals surface area contributed by atoms with Gasteiger partial charge in [0.15, 0.2) is 5.82 Å². The molecule has 2 rings (SSSR count). The van der Waals surface area contributed by atoms with Gasteiger partial charge in [-0.1, -0.05) is 6.92 Å². The van der Waals surface area contributed by atoms with Gasteiger partial charge in [0.1, 0.15) is 5.60 Å². The van der Waals surface area contributed by atoms with Gasteiger partial charge in [-0.3, -0.25) is 4.79 Å². The van der Waals surface area contributed by atoms with E-state index >= 15 is 0 Å². The highest BCUT2D eigenvalue weighted by Crippen LogP contribution is 2.21. The van der Waals surface area contributed by atoms with Crippen LogP contribution in [0.25, 0.3) is 0 Å². The van der Waals surface area contributed by atoms with Crippen LogP contribution in [0.1, 0.15) is 79.1 Å². The summed E-state index contributed by atoms with van der Waals surface area (Å²) in [6, 6.07) is -0.463. The number of nitrogens with zero attached hydrogens (tertiary/aromatic N) is 4. The number of aryl methyl sites for hydroxylation is 1. The summed E-state index contributed by atoms with van der Waals surface area (Å²) in [4.78, 5) is 24.0. The van der Waals surface area contributed by atoms with Crippen molar-refractivity contribution in [1.82, 2.24) is 30.8 Å². The van der Waals surface area contributed by atoms with Crippen molar-refractivity contribution in [2.24, 2.45) is 5.92 Å². The first kappa shape index (κ1) is 27.0. The van der Waals surface area contributed by atoms with Gasteiger partial charge in [-0.2, -0.15) is 0 Å². The van der Waals surface area contributed by atoms with Crippen LogP contribution in [0.5, 0.6) is 0 Å². The molecule has 1 fully saturated rings. The highest BCUT2D eigenvalue weighted by atomic mass is 16.6. The van der Waals surface area contributed by atoms with Crippen molar-refractivity contribution in [3.05, 3.63) is 5.82 Å². The molecule has 11 heteroatoms. The van der Waals surface area contributed by atoms with E-state index < -0.39 is 11.7 Å². The van der Waals surface area contributed by atoms with Gasteiger partial charge in [0.25, 0.3) is 0 Å². The van der Waals surface area contributed by atoms with Crippen molar-refractivity contribution >= 4 is 12.1 Å². The van der Waals surface area contributed by atoms with Crippen LogP contribution in [-0.2, 0) is 25.5 Å². The van der Waals surface area contributed by atoms with Crippen LogP contribution < -0.4 is 10.6 Å². The number of rotatable bonds is 11. The molecule has 1 aromatic heterocycles. The van der Waals surface area contributed by atoms with Crippen LogP contribution in [0, 0.1) is 5.92 Å². The quantitative estimate of drug-likeness (QED) is 0.470. The zero-order valence-electron chi connectivity index (χ0n) is 20.8. The number of nitrogens with one attached hydrogen (secondary N) is 2. The molecule has 0 radical (unpaired) electrons. The molecule has 188 valence electrons. The first-order valence-corrected chi connectivity index (χ1v) is 11.8. The largest absolute Gasteiger partial charge is 0.466 e. The molecule has 2 N–H and O–H groups in total. The molecule has 0 bridgehead atoms. The summed E-state index contributed by atoms with van der Waals surface area (Å²) >= 11 is 0. The predicted octanol–water partition coefficient (Wildman–Crippen LogP) is 2.38. The first-order valence-electron chi connectivity index (χ1n) is 11.8. The number of esters is 1. The minimum Gasteiger partial charge on any atom is -0.466 e. The van der Waals surface area contributed by atoms with E-state index in [4.69, 9.17) is 14.2 Å². The fraction of sp³-hybridized carbons (Fsp3) is 0.864. The Labute approximate surface area is 196 Å². The Morgan fingerprint density at radius 1 is 1.30 bits per heavy atom. The Morgan fingerprint density at radius 3 is 2.70 bits per heavy atom. The fourth-order valence-electron chi connectivity index (χ4n) is 3.62. The lowest BCUT2D eigenvalue weighted by Crippen LogP contribution is -2.42. The second kappa shape index (κ2) is 12.8. The molecule has 0 aliphatic carbocycles. The molecule has 0 aromatic carbocycles. The van der Waals surface area contributed by atoms with E-state index in [9.17, 15) is 9.59 Å². The molecule has 1 aliphatic heterocycles. The van der Waals surface area contributed by atoms with Gasteiger partial charge in [0.2, 0.25) is 0 Å². The topological polar surface area (TPSA) is 129 Å². The van der Waals surface area contributed by atoms with Crippen LogP contribution in [0.4, 0.5) is 4.79 Å². The number of ether oxygens (including phenoxy) is 3. The van der Waals surface area contributed by atoms with E-state index in [0.717, 1.165) is 19.4 Å². The number of carbonyl (C=O) groups excluding carboxylic acids is 2. The number of hydrogen-bond acceptors (Lipinski definition) is 9. The minimum absolute atomic E-state index is 0.113. The van der Waals surface area contributed by atoms with Crippen molar-refractivity contribution in [3.8, 4) is 0 Å². The number of tetrazole rings is 1. The molecular weight excluding hydrogens is 428 g/mol. The summed E-state index contributed by atoms with van der Waals surface area (Å²) in [5, 5.41) is 18.5. The molecule has 0 spiro atoms. The molecule has 33 heavy (non-hydrogen) atoms. The van der Waals surface area contributed by atoms with Gasteiger partial charge >= 0.3 is 12.1 Å². The maximum atomic E-state index is 12.2. The van der Waals surface area contributed by atoms with Crippen LogP contribution in [0.2, 0.25) is 0 Å². The normalized spacial score (nSPS) is 20.7. The van der Waals surface area contributed by atoms with Crippen LogP contribution in [0.15, 0.2) is 0 Å². The average molecular weight is 469 g/mol. The molecular formula is C22H40N6O5. The van der Waals surface area contributed by atoms with E-state index in [2.05, 4.69) is 33.1 Å². The second-order valence-electron chi connectivity index (χ2n) is 9.70. The third-order valence-corrected chi connectivity index (χ3v) is 5.25. The highest BCUT2D eigenvalue weighted by Gasteiger charge is 2.26. The second-order valence-corrected chi connectivity index (χ2v) is 9.70. The number of hydrogen-bond donors (Lipinski definition) is 2. The number of carbonyl (C=O) groups is 2. The molecule has 1 aliphatic rings. The van der Waals surface area contributed by atoms with Gasteiger partial charge < -0.3 is 24.8 Å². The zero-order chi connectivity index (χ0) is 24.4. The van der Waals surface area contributed by atoms with Crippen molar-refractivity contribution in [3.63, 3.8) is 0 Å². The van der Waals surface area contributed by atoms with E-state index in [0.29, 0.717) is 37.9 Å². The average Bonchev–Trinajstić information content (AvgIpc) is 3.18. The van der Waals surface area contributed by atoms with Crippen molar-refractivity contribution in [1.29, 1.82) is 0 Å². The van der Waals surface area contributed by atoms with Gasteiger partial charge in [-0.05, 0) is 70.2 Å². The van der Waals surface area contributed by atoms with Crippen LogP contribution in [0.3, 0.4) is 0 Å². The maximum absolute atomic E-state index is 12.2. The Kier molecular flexibility index (Phi) is 10.5. The Bertz CT molecular complexity index is 742. The summed E-state index contributed by atoms with van der Waals surface area (Å²) in [6.07, 6.45) is 2.46. The highest BCUT2D eigenvalue weighted by molar-refractivity contribution is 5.69. The lowest BCUT2D eigenvalue weighted by Gasteiger charge is -2.29. The summed E-state index contributed by atoms with van der Waals surface area (Å²) in [5.41, 5.74) is -0.575. The Morgan fingerprint density at radius 2 is 2.06 bits per heavy atom. The van der Waals surface area contributed by atoms with Crippen LogP contribution >= 0.6 is 0 Å². The van der Waals surface area contributed by atoms with Crippen molar-refractivity contribution in [2.75, 3.05) is 19.8 Å². The van der Waals surface area contributed by atoms with Crippen LogP contribution in [-0.4, -0.2) is 69.8 Å². The summed E-state index contributed by atoms with van der Waals surface area (Å²) in [5.74, 6) is 0.875. The van der Waals surface area contributed by atoms with E-state index in [1.165, 1.54) is 0 Å². The smallest absolute Gasteiger partial charge is 0.407 e. The van der Waals surface area contributed by atoms with Gasteiger partial charge in [0, 0.05) is 19.2 Å². The maximum Gasteiger partial charge on any atom is 0.407 e. The Hall–Kier alpha value is -2.27.